The van der Waals surface area contributed by atoms with E-state index in [-0.39, 0.29) is 12.6 Å². The molecule has 5 nitrogen and oxygen atoms in total. The van der Waals surface area contributed by atoms with Crippen LogP contribution < -0.4 is 10.1 Å². The van der Waals surface area contributed by atoms with Crippen molar-refractivity contribution in [2.45, 2.75) is 12.5 Å². The molecule has 6 heteroatoms. The van der Waals surface area contributed by atoms with E-state index in [0.29, 0.717) is 17.5 Å². The van der Waals surface area contributed by atoms with Crippen LogP contribution in [0.4, 0.5) is 4.79 Å². The number of halogens is 1. The van der Waals surface area contributed by atoms with Gasteiger partial charge < -0.3 is 15.2 Å². The minimum Gasteiger partial charge on any atom is -0.475 e. The highest BCUT2D eigenvalue weighted by Crippen LogP contribution is 2.24. The topological polar surface area (TPSA) is 71.5 Å². The van der Waals surface area contributed by atoms with Gasteiger partial charge in [-0.15, -0.1) is 0 Å². The van der Waals surface area contributed by atoms with Crippen molar-refractivity contribution in [2.24, 2.45) is 0 Å². The van der Waals surface area contributed by atoms with Gasteiger partial charge in [0.1, 0.15) is 11.8 Å². The third-order valence-corrected chi connectivity index (χ3v) is 2.33. The van der Waals surface area contributed by atoms with Gasteiger partial charge in [-0.1, -0.05) is 17.7 Å². The number of ether oxygens (including phenoxy) is 1. The first kappa shape index (κ1) is 10.0. The van der Waals surface area contributed by atoms with Crippen LogP contribution in [0.15, 0.2) is 12.1 Å². The summed E-state index contributed by atoms with van der Waals surface area (Å²) in [5.74, 6) is 0.492. The monoisotopic (exact) mass is 228 g/mol. The second-order valence-electron chi connectivity index (χ2n) is 3.26. The number of hydrogen-bond acceptors (Lipinski definition) is 3. The van der Waals surface area contributed by atoms with Gasteiger partial charge in [0.25, 0.3) is 0 Å². The Morgan fingerprint density at radius 3 is 3.20 bits per heavy atom. The fourth-order valence-corrected chi connectivity index (χ4v) is 1.64. The number of nitrogens with zero attached hydrogens (tertiary/aromatic N) is 1. The maximum absolute atomic E-state index is 10.4. The van der Waals surface area contributed by atoms with E-state index in [1.165, 1.54) is 0 Å². The molecule has 0 bridgehead atoms. The third kappa shape index (κ3) is 2.30. The number of fused-ring (bicyclic) bond motifs is 1. The van der Waals surface area contributed by atoms with E-state index in [1.54, 1.807) is 12.1 Å². The maximum Gasteiger partial charge on any atom is 0.405 e. The van der Waals surface area contributed by atoms with E-state index in [9.17, 15) is 4.79 Å². The molecule has 1 amide bonds. The largest absolute Gasteiger partial charge is 0.475 e. The molecule has 80 valence electrons. The van der Waals surface area contributed by atoms with Crippen molar-refractivity contribution in [3.63, 3.8) is 0 Å². The van der Waals surface area contributed by atoms with Gasteiger partial charge in [0.15, 0.2) is 0 Å². The van der Waals surface area contributed by atoms with E-state index < -0.39 is 6.09 Å². The fourth-order valence-electron chi connectivity index (χ4n) is 1.50. The molecule has 1 aliphatic heterocycles. The van der Waals surface area contributed by atoms with Gasteiger partial charge >= 0.3 is 6.09 Å². The predicted molar refractivity (Wildman–Crippen MR) is 53.4 cm³/mol. The van der Waals surface area contributed by atoms with Crippen LogP contribution >= 0.6 is 11.6 Å². The summed E-state index contributed by atoms with van der Waals surface area (Å²) in [6, 6.07) is 3.23. The molecular formula is C9H9ClN2O3. The first-order valence-corrected chi connectivity index (χ1v) is 4.80. The van der Waals surface area contributed by atoms with Gasteiger partial charge in [0, 0.05) is 12.0 Å². The molecule has 2 N–H and O–H groups in total. The third-order valence-electron chi connectivity index (χ3n) is 2.12. The van der Waals surface area contributed by atoms with Crippen molar-refractivity contribution < 1.29 is 14.6 Å². The van der Waals surface area contributed by atoms with Gasteiger partial charge in [-0.2, -0.15) is 0 Å². The van der Waals surface area contributed by atoms with E-state index in [4.69, 9.17) is 21.4 Å². The first-order chi connectivity index (χ1) is 7.15. The number of nitrogens with one attached hydrogen (secondary N) is 1. The second-order valence-corrected chi connectivity index (χ2v) is 3.65. The lowest BCUT2D eigenvalue weighted by Crippen LogP contribution is -2.42. The van der Waals surface area contributed by atoms with Crippen molar-refractivity contribution in [1.82, 2.24) is 10.3 Å². The van der Waals surface area contributed by atoms with Crippen LogP contribution in [-0.2, 0) is 6.42 Å². The van der Waals surface area contributed by atoms with Crippen molar-refractivity contribution >= 4 is 17.7 Å². The highest BCUT2D eigenvalue weighted by molar-refractivity contribution is 6.29. The van der Waals surface area contributed by atoms with Crippen LogP contribution in [0.1, 0.15) is 5.56 Å². The highest BCUT2D eigenvalue weighted by atomic mass is 35.5. The van der Waals surface area contributed by atoms with E-state index in [0.717, 1.165) is 5.56 Å². The molecule has 0 saturated heterocycles. The molecule has 0 saturated carbocycles. The first-order valence-electron chi connectivity index (χ1n) is 4.43. The molecule has 0 fully saturated rings. The molecule has 1 aromatic heterocycles. The quantitative estimate of drug-likeness (QED) is 0.711. The lowest BCUT2D eigenvalue weighted by Gasteiger charge is -2.24. The van der Waals surface area contributed by atoms with Crippen molar-refractivity contribution in [1.29, 1.82) is 0 Å². The molecule has 1 atom stereocenters. The van der Waals surface area contributed by atoms with Crippen LogP contribution in [0, 0.1) is 0 Å². The molecule has 0 aromatic carbocycles. The molecule has 1 aromatic rings. The van der Waals surface area contributed by atoms with E-state index in [1.807, 2.05) is 0 Å². The van der Waals surface area contributed by atoms with Gasteiger partial charge in [0.05, 0.1) is 6.04 Å². The van der Waals surface area contributed by atoms with Crippen LogP contribution in [0.2, 0.25) is 5.15 Å². The summed E-state index contributed by atoms with van der Waals surface area (Å²) in [6.07, 6.45) is -0.472. The number of carboxylic acid groups (broad SMARTS) is 1. The van der Waals surface area contributed by atoms with Crippen LogP contribution in [0.25, 0.3) is 0 Å². The molecule has 0 aliphatic carbocycles. The van der Waals surface area contributed by atoms with Gasteiger partial charge in [0.2, 0.25) is 5.88 Å². The molecule has 0 unspecified atom stereocenters. The summed E-state index contributed by atoms with van der Waals surface area (Å²) in [5, 5.41) is 11.3. The van der Waals surface area contributed by atoms with Gasteiger partial charge in [-0.3, -0.25) is 0 Å². The molecule has 0 spiro atoms. The maximum atomic E-state index is 10.4. The Kier molecular flexibility index (Phi) is 2.64. The summed E-state index contributed by atoms with van der Waals surface area (Å²) < 4.78 is 5.30. The number of aromatic nitrogens is 1. The minimum absolute atomic E-state index is 0.224. The summed E-state index contributed by atoms with van der Waals surface area (Å²) >= 11 is 5.70. The number of amides is 1. The normalized spacial score (nSPS) is 18.9. The zero-order valence-electron chi connectivity index (χ0n) is 7.74. The van der Waals surface area contributed by atoms with E-state index in [2.05, 4.69) is 10.3 Å². The Morgan fingerprint density at radius 2 is 2.47 bits per heavy atom. The van der Waals surface area contributed by atoms with Gasteiger partial charge in [-0.05, 0) is 6.07 Å². The average molecular weight is 229 g/mol. The predicted octanol–water partition coefficient (Wildman–Crippen LogP) is 1.31. The Hall–Kier alpha value is -1.49. The molecule has 15 heavy (non-hydrogen) atoms. The zero-order valence-corrected chi connectivity index (χ0v) is 8.49. The zero-order chi connectivity index (χ0) is 10.8. The average Bonchev–Trinajstić information content (AvgIpc) is 2.17. The number of rotatable bonds is 1. The standard InChI is InChI=1S/C9H9ClN2O3/c10-7-2-1-5-3-6(11-9(13)14)4-15-8(5)12-7/h1-2,6,11H,3-4H2,(H,13,14)/t6-/m1/s1. The van der Waals surface area contributed by atoms with Crippen molar-refractivity contribution in [3.8, 4) is 5.88 Å². The van der Waals surface area contributed by atoms with Crippen LogP contribution in [0.5, 0.6) is 5.88 Å². The fraction of sp³-hybridized carbons (Fsp3) is 0.333. The van der Waals surface area contributed by atoms with Crippen LogP contribution in [-0.4, -0.2) is 28.8 Å². The Labute approximate surface area is 91.0 Å². The smallest absolute Gasteiger partial charge is 0.405 e. The van der Waals surface area contributed by atoms with Gasteiger partial charge in [-0.25, -0.2) is 9.78 Å². The summed E-state index contributed by atoms with van der Waals surface area (Å²) in [5.41, 5.74) is 0.865. The highest BCUT2D eigenvalue weighted by Gasteiger charge is 2.22. The summed E-state index contributed by atoms with van der Waals surface area (Å²) in [4.78, 5) is 14.4. The minimum atomic E-state index is -1.05. The summed E-state index contributed by atoms with van der Waals surface area (Å²) in [7, 11) is 0. The molecule has 2 rings (SSSR count). The molecule has 2 heterocycles. The molecule has 1 aliphatic rings. The lowest BCUT2D eigenvalue weighted by atomic mass is 10.1. The summed E-state index contributed by atoms with van der Waals surface area (Å²) in [6.45, 7) is 0.284. The van der Waals surface area contributed by atoms with E-state index >= 15 is 0 Å². The number of hydrogen-bond donors (Lipinski definition) is 2. The molecular weight excluding hydrogens is 220 g/mol. The number of pyridine rings is 1. The SMILES string of the molecule is O=C(O)N[C@H]1COc2nc(Cl)ccc2C1. The Bertz CT molecular complexity index is 397. The van der Waals surface area contributed by atoms with Crippen molar-refractivity contribution in [3.05, 3.63) is 22.8 Å². The van der Waals surface area contributed by atoms with Crippen LogP contribution in [0.3, 0.4) is 0 Å². The molecule has 0 radical (unpaired) electrons. The Morgan fingerprint density at radius 1 is 1.67 bits per heavy atom. The Balaban J connectivity index is 2.13. The van der Waals surface area contributed by atoms with Crippen molar-refractivity contribution in [2.75, 3.05) is 6.61 Å². The number of carbonyl (C=O) groups is 1. The second kappa shape index (κ2) is 3.94. The lowest BCUT2D eigenvalue weighted by molar-refractivity contribution is 0.175.